The zero-order valence-electron chi connectivity index (χ0n) is 8.29. The van der Waals surface area contributed by atoms with Crippen LogP contribution in [0.1, 0.15) is 11.1 Å². The van der Waals surface area contributed by atoms with E-state index in [1.165, 1.54) is 0 Å². The van der Waals surface area contributed by atoms with Crippen LogP contribution in [0.2, 0.25) is 0 Å². The van der Waals surface area contributed by atoms with Crippen LogP contribution in [0.5, 0.6) is 11.5 Å². The molecule has 0 unspecified atom stereocenters. The molecule has 0 atom stereocenters. The highest BCUT2D eigenvalue weighted by molar-refractivity contribution is 5.50. The lowest BCUT2D eigenvalue weighted by Crippen LogP contribution is -2.60. The molecule has 0 aliphatic carbocycles. The average Bonchev–Trinajstić information content (AvgIpc) is 2.16. The Morgan fingerprint density at radius 3 is 2.60 bits per heavy atom. The molecule has 1 aromatic carbocycles. The van der Waals surface area contributed by atoms with Crippen molar-refractivity contribution >= 4 is 0 Å². The van der Waals surface area contributed by atoms with Crippen LogP contribution in [0.25, 0.3) is 0 Å². The number of hydrogen-bond donors (Lipinski definition) is 3. The average molecular weight is 207 g/mol. The number of phenols is 2. The zero-order valence-corrected chi connectivity index (χ0v) is 8.29. The number of aromatic hydroxyl groups is 2. The molecule has 1 spiro atoms. The number of hydrogen-bond acceptors (Lipinski definition) is 4. The van der Waals surface area contributed by atoms with Crippen LogP contribution < -0.4 is 5.32 Å². The van der Waals surface area contributed by atoms with Gasteiger partial charge in [-0.2, -0.15) is 0 Å². The van der Waals surface area contributed by atoms with Gasteiger partial charge < -0.3 is 20.3 Å². The SMILES string of the molecule is Oc1cc2c(cc1O)C1(COC1)NCC2. The Kier molecular flexibility index (Phi) is 1.72. The summed E-state index contributed by atoms with van der Waals surface area (Å²) in [5.41, 5.74) is 2.04. The molecule has 2 heterocycles. The first kappa shape index (κ1) is 9.00. The maximum Gasteiger partial charge on any atom is 0.157 e. The summed E-state index contributed by atoms with van der Waals surface area (Å²) >= 11 is 0. The molecular weight excluding hydrogens is 194 g/mol. The Bertz CT molecular complexity index is 413. The van der Waals surface area contributed by atoms with Gasteiger partial charge in [-0.05, 0) is 29.7 Å². The van der Waals surface area contributed by atoms with E-state index in [1.807, 2.05) is 0 Å². The van der Waals surface area contributed by atoms with Crippen LogP contribution in [0, 0.1) is 0 Å². The van der Waals surface area contributed by atoms with Crippen molar-refractivity contribution in [3.05, 3.63) is 23.3 Å². The Morgan fingerprint density at radius 2 is 1.93 bits per heavy atom. The van der Waals surface area contributed by atoms with Crippen LogP contribution in [0.3, 0.4) is 0 Å². The fourth-order valence-electron chi connectivity index (χ4n) is 2.37. The molecule has 3 N–H and O–H groups in total. The van der Waals surface area contributed by atoms with Crippen LogP contribution in [0.4, 0.5) is 0 Å². The molecule has 2 aliphatic heterocycles. The summed E-state index contributed by atoms with van der Waals surface area (Å²) in [4.78, 5) is 0. The molecule has 0 radical (unpaired) electrons. The fraction of sp³-hybridized carbons (Fsp3) is 0.455. The third-order valence-electron chi connectivity index (χ3n) is 3.27. The van der Waals surface area contributed by atoms with Gasteiger partial charge in [0.1, 0.15) is 0 Å². The van der Waals surface area contributed by atoms with E-state index in [0.29, 0.717) is 13.2 Å². The molecule has 1 fully saturated rings. The first-order valence-corrected chi connectivity index (χ1v) is 5.09. The Morgan fingerprint density at radius 1 is 1.20 bits per heavy atom. The van der Waals surface area contributed by atoms with Gasteiger partial charge in [0.15, 0.2) is 11.5 Å². The molecule has 0 aromatic heterocycles. The van der Waals surface area contributed by atoms with Gasteiger partial charge in [0.2, 0.25) is 0 Å². The Hall–Kier alpha value is -1.26. The van der Waals surface area contributed by atoms with Crippen molar-refractivity contribution in [2.24, 2.45) is 0 Å². The van der Waals surface area contributed by atoms with E-state index in [-0.39, 0.29) is 17.0 Å². The van der Waals surface area contributed by atoms with Gasteiger partial charge in [-0.3, -0.25) is 0 Å². The number of benzene rings is 1. The van der Waals surface area contributed by atoms with Crippen molar-refractivity contribution < 1.29 is 14.9 Å². The highest BCUT2D eigenvalue weighted by Crippen LogP contribution is 2.39. The summed E-state index contributed by atoms with van der Waals surface area (Å²) in [6, 6.07) is 3.31. The number of fused-ring (bicyclic) bond motifs is 2. The highest BCUT2D eigenvalue weighted by atomic mass is 16.5. The molecule has 4 nitrogen and oxygen atoms in total. The highest BCUT2D eigenvalue weighted by Gasteiger charge is 2.43. The number of ether oxygens (including phenoxy) is 1. The number of nitrogens with one attached hydrogen (secondary N) is 1. The summed E-state index contributed by atoms with van der Waals surface area (Å²) in [7, 11) is 0. The molecule has 80 valence electrons. The molecule has 2 aliphatic rings. The summed E-state index contributed by atoms with van der Waals surface area (Å²) in [5.74, 6) is -0.0882. The van der Waals surface area contributed by atoms with E-state index in [0.717, 1.165) is 24.1 Å². The van der Waals surface area contributed by atoms with Gasteiger partial charge in [-0.25, -0.2) is 0 Å². The van der Waals surface area contributed by atoms with Gasteiger partial charge >= 0.3 is 0 Å². The topological polar surface area (TPSA) is 61.7 Å². The predicted molar refractivity (Wildman–Crippen MR) is 54.0 cm³/mol. The smallest absolute Gasteiger partial charge is 0.157 e. The summed E-state index contributed by atoms with van der Waals surface area (Å²) in [6.45, 7) is 2.18. The lowest BCUT2D eigenvalue weighted by atomic mass is 9.80. The quantitative estimate of drug-likeness (QED) is 0.541. The monoisotopic (exact) mass is 207 g/mol. The first-order valence-electron chi connectivity index (χ1n) is 5.09. The van der Waals surface area contributed by atoms with Crippen molar-refractivity contribution in [2.45, 2.75) is 12.0 Å². The van der Waals surface area contributed by atoms with Gasteiger partial charge in [-0.15, -0.1) is 0 Å². The van der Waals surface area contributed by atoms with Crippen molar-refractivity contribution in [3.8, 4) is 11.5 Å². The molecule has 3 rings (SSSR count). The van der Waals surface area contributed by atoms with Crippen molar-refractivity contribution in [2.75, 3.05) is 19.8 Å². The second-order valence-corrected chi connectivity index (χ2v) is 4.25. The van der Waals surface area contributed by atoms with Crippen LogP contribution in [-0.4, -0.2) is 30.0 Å². The standard InChI is InChI=1S/C11H13NO3/c13-9-3-7-1-2-12-11(5-15-6-11)8(7)4-10(9)14/h3-4,12-14H,1-2,5-6H2. The molecule has 1 aromatic rings. The maximum atomic E-state index is 9.51. The van der Waals surface area contributed by atoms with Crippen molar-refractivity contribution in [3.63, 3.8) is 0 Å². The third-order valence-corrected chi connectivity index (χ3v) is 3.27. The van der Waals surface area contributed by atoms with Crippen molar-refractivity contribution in [1.82, 2.24) is 5.32 Å². The van der Waals surface area contributed by atoms with E-state index in [1.54, 1.807) is 12.1 Å². The van der Waals surface area contributed by atoms with Gasteiger partial charge in [0, 0.05) is 6.54 Å². The molecule has 15 heavy (non-hydrogen) atoms. The Balaban J connectivity index is 2.14. The summed E-state index contributed by atoms with van der Waals surface area (Å²) in [5, 5.41) is 22.4. The summed E-state index contributed by atoms with van der Waals surface area (Å²) in [6.07, 6.45) is 0.880. The Labute approximate surface area is 87.5 Å². The van der Waals surface area contributed by atoms with E-state index >= 15 is 0 Å². The van der Waals surface area contributed by atoms with E-state index in [2.05, 4.69) is 5.32 Å². The zero-order chi connectivity index (χ0) is 10.5. The summed E-state index contributed by atoms with van der Waals surface area (Å²) < 4.78 is 5.24. The van der Waals surface area contributed by atoms with Crippen LogP contribution in [0.15, 0.2) is 12.1 Å². The second-order valence-electron chi connectivity index (χ2n) is 4.25. The molecule has 0 saturated carbocycles. The van der Waals surface area contributed by atoms with Crippen molar-refractivity contribution in [1.29, 1.82) is 0 Å². The number of rotatable bonds is 0. The third kappa shape index (κ3) is 1.15. The lowest BCUT2D eigenvalue weighted by Gasteiger charge is -2.46. The predicted octanol–water partition coefficient (Wildman–Crippen LogP) is 0.469. The minimum Gasteiger partial charge on any atom is -0.504 e. The first-order chi connectivity index (χ1) is 7.21. The van der Waals surface area contributed by atoms with E-state index < -0.39 is 0 Å². The van der Waals surface area contributed by atoms with Gasteiger partial charge in [0.25, 0.3) is 0 Å². The maximum absolute atomic E-state index is 9.51. The molecule has 1 saturated heterocycles. The van der Waals surface area contributed by atoms with E-state index in [4.69, 9.17) is 4.74 Å². The molecule has 4 heteroatoms. The minimum atomic E-state index is -0.126. The minimum absolute atomic E-state index is 0.0361. The van der Waals surface area contributed by atoms with E-state index in [9.17, 15) is 10.2 Å². The molecular formula is C11H13NO3. The normalized spacial score (nSPS) is 22.1. The lowest BCUT2D eigenvalue weighted by molar-refractivity contribution is -0.0815. The van der Waals surface area contributed by atoms with Crippen LogP contribution in [-0.2, 0) is 16.7 Å². The fourth-order valence-corrected chi connectivity index (χ4v) is 2.37. The van der Waals surface area contributed by atoms with Gasteiger partial charge in [-0.1, -0.05) is 0 Å². The number of phenolic OH excluding ortho intramolecular Hbond substituents is 2. The second kappa shape index (κ2) is 2.87. The largest absolute Gasteiger partial charge is 0.504 e. The molecule has 0 bridgehead atoms. The van der Waals surface area contributed by atoms with Crippen LogP contribution >= 0.6 is 0 Å². The van der Waals surface area contributed by atoms with Gasteiger partial charge in [0.05, 0.1) is 18.8 Å². The molecule has 0 amide bonds.